The van der Waals surface area contributed by atoms with Crippen LogP contribution < -0.4 is 10.5 Å². The zero-order chi connectivity index (χ0) is 22.1. The number of aliphatic hydroxyl groups excluding tert-OH is 1. The van der Waals surface area contributed by atoms with E-state index in [1.807, 2.05) is 18.7 Å². The van der Waals surface area contributed by atoms with Gasteiger partial charge in [-0.1, -0.05) is 0 Å². The number of fused-ring (bicyclic) bond motifs is 1. The summed E-state index contributed by atoms with van der Waals surface area (Å²) in [7, 11) is 0. The van der Waals surface area contributed by atoms with Crippen LogP contribution in [0.25, 0.3) is 22.2 Å². The molecule has 0 aliphatic rings. The van der Waals surface area contributed by atoms with Crippen LogP contribution in [0.1, 0.15) is 32.5 Å². The van der Waals surface area contributed by atoms with Crippen LogP contribution >= 0.6 is 0 Å². The van der Waals surface area contributed by atoms with Crippen LogP contribution in [0.2, 0.25) is 0 Å². The number of rotatable bonds is 6. The molecule has 1 N–H and O–H groups in total. The summed E-state index contributed by atoms with van der Waals surface area (Å²) in [6.07, 6.45) is -2.08. The van der Waals surface area contributed by atoms with Crippen molar-refractivity contribution in [1.29, 1.82) is 0 Å². The second kappa shape index (κ2) is 8.39. The van der Waals surface area contributed by atoms with Crippen LogP contribution in [0.5, 0.6) is 0 Å². The van der Waals surface area contributed by atoms with Gasteiger partial charge in [0.1, 0.15) is 11.2 Å². The maximum absolute atomic E-state index is 13.1. The minimum atomic E-state index is -4.54. The molecule has 3 aromatic heterocycles. The summed E-state index contributed by atoms with van der Waals surface area (Å²) < 4.78 is 39.8. The van der Waals surface area contributed by atoms with Gasteiger partial charge in [-0.15, -0.1) is 0 Å². The standard InChI is InChI=1S/C20H22F3N5O2/c1-4-27(5-2)18-17-14(19(30)28(11-25-17)12(3)10-29)8-15(26-18)13-6-7-16(24-9-13)20(21,22)23/h6-9,11-12,29H,4-5,10H2,1-3H3/t12-/m0/s1. The third-order valence-corrected chi connectivity index (χ3v) is 4.90. The Kier molecular flexibility index (Phi) is 6.06. The Labute approximate surface area is 170 Å². The number of anilines is 1. The third-order valence-electron chi connectivity index (χ3n) is 4.90. The molecule has 3 heterocycles. The number of pyridine rings is 2. The molecule has 0 spiro atoms. The average molecular weight is 421 g/mol. The van der Waals surface area contributed by atoms with E-state index in [4.69, 9.17) is 0 Å². The highest BCUT2D eigenvalue weighted by atomic mass is 19.4. The van der Waals surface area contributed by atoms with Crippen molar-refractivity contribution in [2.45, 2.75) is 33.0 Å². The first kappa shape index (κ1) is 21.7. The van der Waals surface area contributed by atoms with Gasteiger partial charge >= 0.3 is 6.18 Å². The Balaban J connectivity index is 2.26. The molecule has 10 heteroatoms. The predicted molar refractivity (Wildman–Crippen MR) is 107 cm³/mol. The summed E-state index contributed by atoms with van der Waals surface area (Å²) in [5.41, 5.74) is -0.300. The lowest BCUT2D eigenvalue weighted by atomic mass is 10.1. The number of aromatic nitrogens is 4. The van der Waals surface area contributed by atoms with E-state index in [9.17, 15) is 23.1 Å². The molecule has 0 radical (unpaired) electrons. The number of halogens is 3. The van der Waals surface area contributed by atoms with Crippen molar-refractivity contribution in [3.05, 3.63) is 46.8 Å². The average Bonchev–Trinajstić information content (AvgIpc) is 2.74. The maximum Gasteiger partial charge on any atom is 0.433 e. The fraction of sp³-hybridized carbons (Fsp3) is 0.400. The lowest BCUT2D eigenvalue weighted by molar-refractivity contribution is -0.141. The molecule has 0 aromatic carbocycles. The molecule has 0 aliphatic carbocycles. The SMILES string of the molecule is CCN(CC)c1nc(-c2ccc(C(F)(F)F)nc2)cc2c(=O)n([C@@H](C)CO)cnc12. The van der Waals surface area contributed by atoms with Crippen LogP contribution in [-0.2, 0) is 6.18 Å². The first-order chi connectivity index (χ1) is 14.2. The van der Waals surface area contributed by atoms with Crippen molar-refractivity contribution in [3.63, 3.8) is 0 Å². The van der Waals surface area contributed by atoms with Gasteiger partial charge in [0.05, 0.1) is 30.1 Å². The highest BCUT2D eigenvalue weighted by Crippen LogP contribution is 2.30. The van der Waals surface area contributed by atoms with E-state index in [-0.39, 0.29) is 17.6 Å². The Morgan fingerprint density at radius 3 is 2.43 bits per heavy atom. The summed E-state index contributed by atoms with van der Waals surface area (Å²) in [4.78, 5) is 27.4. The van der Waals surface area contributed by atoms with Gasteiger partial charge in [0.15, 0.2) is 5.82 Å². The molecule has 0 saturated carbocycles. The molecular weight excluding hydrogens is 399 g/mol. The van der Waals surface area contributed by atoms with Gasteiger partial charge in [0, 0.05) is 24.8 Å². The Bertz CT molecular complexity index is 1090. The number of hydrogen-bond acceptors (Lipinski definition) is 6. The van der Waals surface area contributed by atoms with Gasteiger partial charge in [-0.25, -0.2) is 9.97 Å². The zero-order valence-electron chi connectivity index (χ0n) is 16.8. The van der Waals surface area contributed by atoms with Crippen molar-refractivity contribution in [2.24, 2.45) is 0 Å². The van der Waals surface area contributed by atoms with Crippen LogP contribution in [0.4, 0.5) is 19.0 Å². The Morgan fingerprint density at radius 1 is 1.20 bits per heavy atom. The van der Waals surface area contributed by atoms with Crippen molar-refractivity contribution >= 4 is 16.7 Å². The Morgan fingerprint density at radius 2 is 1.90 bits per heavy atom. The topological polar surface area (TPSA) is 84.1 Å². The largest absolute Gasteiger partial charge is 0.433 e. The fourth-order valence-electron chi connectivity index (χ4n) is 3.13. The van der Waals surface area contributed by atoms with Crippen molar-refractivity contribution in [1.82, 2.24) is 19.5 Å². The van der Waals surface area contributed by atoms with Crippen molar-refractivity contribution < 1.29 is 18.3 Å². The zero-order valence-corrected chi connectivity index (χ0v) is 16.8. The summed E-state index contributed by atoms with van der Waals surface area (Å²) in [6.45, 7) is 6.51. The van der Waals surface area contributed by atoms with E-state index >= 15 is 0 Å². The minimum absolute atomic E-state index is 0.239. The summed E-state index contributed by atoms with van der Waals surface area (Å²) in [6, 6.07) is 3.19. The molecule has 0 bridgehead atoms. The quantitative estimate of drug-likeness (QED) is 0.658. The first-order valence-electron chi connectivity index (χ1n) is 9.52. The molecule has 30 heavy (non-hydrogen) atoms. The lowest BCUT2D eigenvalue weighted by Gasteiger charge is -2.22. The Hall–Kier alpha value is -3.01. The third kappa shape index (κ3) is 4.00. The molecule has 0 amide bonds. The second-order valence-corrected chi connectivity index (χ2v) is 6.82. The molecule has 3 aromatic rings. The van der Waals surface area contributed by atoms with Crippen LogP contribution in [-0.4, -0.2) is 44.3 Å². The van der Waals surface area contributed by atoms with Crippen LogP contribution in [0.15, 0.2) is 35.5 Å². The highest BCUT2D eigenvalue weighted by Gasteiger charge is 2.32. The van der Waals surface area contributed by atoms with Gasteiger partial charge in [-0.3, -0.25) is 14.3 Å². The van der Waals surface area contributed by atoms with Gasteiger partial charge in [0.2, 0.25) is 0 Å². The molecular formula is C20H22F3N5O2. The molecule has 0 fully saturated rings. The number of aliphatic hydroxyl groups is 1. The number of nitrogens with zero attached hydrogens (tertiary/aromatic N) is 5. The first-order valence-corrected chi connectivity index (χ1v) is 9.52. The van der Waals surface area contributed by atoms with E-state index in [1.54, 1.807) is 6.92 Å². The van der Waals surface area contributed by atoms with Crippen molar-refractivity contribution in [3.8, 4) is 11.3 Å². The predicted octanol–water partition coefficient (Wildman–Crippen LogP) is 3.27. The second-order valence-electron chi connectivity index (χ2n) is 6.82. The maximum atomic E-state index is 13.1. The molecule has 7 nitrogen and oxygen atoms in total. The van der Waals surface area contributed by atoms with Gasteiger partial charge in [0.25, 0.3) is 5.56 Å². The highest BCUT2D eigenvalue weighted by molar-refractivity contribution is 5.91. The van der Waals surface area contributed by atoms with Gasteiger partial charge in [-0.2, -0.15) is 13.2 Å². The van der Waals surface area contributed by atoms with E-state index in [1.165, 1.54) is 23.0 Å². The van der Waals surface area contributed by atoms with E-state index in [0.717, 1.165) is 12.3 Å². The van der Waals surface area contributed by atoms with Crippen LogP contribution in [0, 0.1) is 0 Å². The van der Waals surface area contributed by atoms with E-state index < -0.39 is 17.9 Å². The molecule has 1 atom stereocenters. The smallest absolute Gasteiger partial charge is 0.394 e. The fourth-order valence-corrected chi connectivity index (χ4v) is 3.13. The van der Waals surface area contributed by atoms with Crippen molar-refractivity contribution in [2.75, 3.05) is 24.6 Å². The normalized spacial score (nSPS) is 12.9. The van der Waals surface area contributed by atoms with Gasteiger partial charge in [-0.05, 0) is 39.0 Å². The minimum Gasteiger partial charge on any atom is -0.394 e. The molecule has 0 saturated heterocycles. The summed E-state index contributed by atoms with van der Waals surface area (Å²) >= 11 is 0. The molecule has 160 valence electrons. The monoisotopic (exact) mass is 421 g/mol. The lowest BCUT2D eigenvalue weighted by Crippen LogP contribution is -2.28. The molecule has 0 aliphatic heterocycles. The number of alkyl halides is 3. The summed E-state index contributed by atoms with van der Waals surface area (Å²) in [5, 5.41) is 9.69. The van der Waals surface area contributed by atoms with E-state index in [0.29, 0.717) is 35.7 Å². The number of hydrogen-bond donors (Lipinski definition) is 1. The summed E-state index contributed by atoms with van der Waals surface area (Å²) in [5.74, 6) is 0.466. The van der Waals surface area contributed by atoms with Gasteiger partial charge < -0.3 is 10.0 Å². The molecule has 0 unspecified atom stereocenters. The van der Waals surface area contributed by atoms with E-state index in [2.05, 4.69) is 15.0 Å². The van der Waals surface area contributed by atoms with Crippen LogP contribution in [0.3, 0.4) is 0 Å². The molecule has 3 rings (SSSR count).